The molecular weight excluding hydrogens is 226 g/mol. The number of aryl methyl sites for hydroxylation is 2. The number of hydrogen-bond donors (Lipinski definition) is 1. The first-order chi connectivity index (χ1) is 8.60. The molecule has 1 aliphatic rings. The largest absolute Gasteiger partial charge is 0.507 e. The second-order valence-electron chi connectivity index (χ2n) is 5.31. The molecule has 1 saturated heterocycles. The van der Waals surface area contributed by atoms with Gasteiger partial charge in [-0.15, -0.1) is 0 Å². The molecule has 0 amide bonds. The summed E-state index contributed by atoms with van der Waals surface area (Å²) in [5, 5.41) is 9.78. The van der Waals surface area contributed by atoms with Crippen LogP contribution in [0.25, 0.3) is 0 Å². The van der Waals surface area contributed by atoms with Gasteiger partial charge in [0, 0.05) is 20.2 Å². The third-order valence-corrected chi connectivity index (χ3v) is 3.75. The van der Waals surface area contributed by atoms with Gasteiger partial charge in [0.1, 0.15) is 5.75 Å². The highest BCUT2D eigenvalue weighted by atomic mass is 16.5. The number of phenols is 1. The fraction of sp³-hybridized carbons (Fsp3) is 0.600. The van der Waals surface area contributed by atoms with Gasteiger partial charge in [-0.25, -0.2) is 0 Å². The van der Waals surface area contributed by atoms with Crippen LogP contribution in [0, 0.1) is 13.8 Å². The van der Waals surface area contributed by atoms with Crippen LogP contribution in [0.3, 0.4) is 0 Å². The zero-order valence-electron chi connectivity index (χ0n) is 11.6. The van der Waals surface area contributed by atoms with Crippen molar-refractivity contribution in [3.8, 4) is 5.75 Å². The van der Waals surface area contributed by atoms with E-state index in [0.29, 0.717) is 11.9 Å². The van der Waals surface area contributed by atoms with Crippen molar-refractivity contribution < 1.29 is 9.84 Å². The number of piperidine rings is 1. The van der Waals surface area contributed by atoms with E-state index in [4.69, 9.17) is 4.74 Å². The summed E-state index contributed by atoms with van der Waals surface area (Å²) in [7, 11) is 1.79. The second kappa shape index (κ2) is 5.72. The molecule has 0 spiro atoms. The van der Waals surface area contributed by atoms with Crippen molar-refractivity contribution in [2.45, 2.75) is 39.3 Å². The molecule has 1 unspecified atom stereocenters. The van der Waals surface area contributed by atoms with Gasteiger partial charge < -0.3 is 9.84 Å². The van der Waals surface area contributed by atoms with Gasteiger partial charge >= 0.3 is 0 Å². The third-order valence-electron chi connectivity index (χ3n) is 3.75. The molecule has 0 bridgehead atoms. The number of methoxy groups -OCH3 is 1. The normalized spacial score (nSPS) is 21.2. The average Bonchev–Trinajstić information content (AvgIpc) is 2.36. The fourth-order valence-electron chi connectivity index (χ4n) is 2.74. The van der Waals surface area contributed by atoms with Crippen LogP contribution in [0.4, 0.5) is 0 Å². The lowest BCUT2D eigenvalue weighted by Gasteiger charge is -2.32. The number of benzene rings is 1. The predicted molar refractivity (Wildman–Crippen MR) is 72.9 cm³/mol. The molecule has 18 heavy (non-hydrogen) atoms. The van der Waals surface area contributed by atoms with Crippen LogP contribution < -0.4 is 0 Å². The van der Waals surface area contributed by atoms with Crippen LogP contribution in [-0.4, -0.2) is 36.3 Å². The van der Waals surface area contributed by atoms with Gasteiger partial charge in [-0.3, -0.25) is 4.90 Å². The second-order valence-corrected chi connectivity index (χ2v) is 5.31. The van der Waals surface area contributed by atoms with Crippen molar-refractivity contribution in [3.63, 3.8) is 0 Å². The molecule has 2 rings (SSSR count). The average molecular weight is 249 g/mol. The van der Waals surface area contributed by atoms with E-state index in [-0.39, 0.29) is 0 Å². The lowest BCUT2D eigenvalue weighted by atomic mass is 10.0. The Bertz CT molecular complexity index is 394. The van der Waals surface area contributed by atoms with Crippen LogP contribution in [0.5, 0.6) is 5.75 Å². The zero-order valence-corrected chi connectivity index (χ0v) is 11.6. The Morgan fingerprint density at radius 2 is 2.00 bits per heavy atom. The highest BCUT2D eigenvalue weighted by Crippen LogP contribution is 2.24. The molecule has 3 nitrogen and oxygen atoms in total. The van der Waals surface area contributed by atoms with E-state index in [9.17, 15) is 5.11 Å². The van der Waals surface area contributed by atoms with Crippen LogP contribution in [0.15, 0.2) is 12.1 Å². The summed E-state index contributed by atoms with van der Waals surface area (Å²) < 4.78 is 5.44. The summed E-state index contributed by atoms with van der Waals surface area (Å²) in [5.41, 5.74) is 3.20. The van der Waals surface area contributed by atoms with Crippen molar-refractivity contribution in [1.82, 2.24) is 4.90 Å². The Labute approximate surface area is 109 Å². The maximum absolute atomic E-state index is 9.78. The molecule has 0 aromatic heterocycles. The Morgan fingerprint density at radius 1 is 1.33 bits per heavy atom. The smallest absolute Gasteiger partial charge is 0.121 e. The lowest BCUT2D eigenvalue weighted by molar-refractivity contribution is 0.0285. The molecular formula is C15H23NO2. The molecule has 1 aromatic carbocycles. The van der Waals surface area contributed by atoms with Crippen LogP contribution in [-0.2, 0) is 11.3 Å². The quantitative estimate of drug-likeness (QED) is 0.894. The molecule has 0 aliphatic carbocycles. The highest BCUT2D eigenvalue weighted by Gasteiger charge is 2.19. The van der Waals surface area contributed by atoms with Crippen LogP contribution in [0.1, 0.15) is 29.5 Å². The first-order valence-electron chi connectivity index (χ1n) is 6.64. The van der Waals surface area contributed by atoms with E-state index in [1.807, 2.05) is 13.8 Å². The summed E-state index contributed by atoms with van der Waals surface area (Å²) in [6.45, 7) is 7.01. The number of rotatable bonds is 3. The summed E-state index contributed by atoms with van der Waals surface area (Å²) >= 11 is 0. The Hall–Kier alpha value is -1.06. The molecule has 1 aromatic rings. The fourth-order valence-corrected chi connectivity index (χ4v) is 2.74. The predicted octanol–water partition coefficient (Wildman–Crippen LogP) is 2.62. The van der Waals surface area contributed by atoms with E-state index in [0.717, 1.165) is 30.8 Å². The van der Waals surface area contributed by atoms with Gasteiger partial charge in [-0.1, -0.05) is 12.1 Å². The van der Waals surface area contributed by atoms with Crippen molar-refractivity contribution in [2.75, 3.05) is 20.2 Å². The van der Waals surface area contributed by atoms with Gasteiger partial charge in [0.2, 0.25) is 0 Å². The maximum Gasteiger partial charge on any atom is 0.121 e. The zero-order chi connectivity index (χ0) is 13.1. The van der Waals surface area contributed by atoms with E-state index in [1.54, 1.807) is 7.11 Å². The van der Waals surface area contributed by atoms with Crippen LogP contribution in [0.2, 0.25) is 0 Å². The number of likely N-dealkylation sites (tertiary alicyclic amines) is 1. The molecule has 1 aliphatic heterocycles. The molecule has 0 saturated carbocycles. The summed E-state index contributed by atoms with van der Waals surface area (Å²) in [6, 6.07) is 4.16. The molecule has 1 fully saturated rings. The number of ether oxygens (including phenoxy) is 1. The molecule has 1 N–H and O–H groups in total. The summed E-state index contributed by atoms with van der Waals surface area (Å²) in [4.78, 5) is 2.43. The van der Waals surface area contributed by atoms with E-state index >= 15 is 0 Å². The van der Waals surface area contributed by atoms with E-state index in [1.165, 1.54) is 18.4 Å². The SMILES string of the molecule is COC1CCCN(Cc2cc(C)c(O)c(C)c2)C1. The van der Waals surface area contributed by atoms with Gasteiger partial charge in [0.15, 0.2) is 0 Å². The first kappa shape index (κ1) is 13.4. The van der Waals surface area contributed by atoms with Crippen molar-refractivity contribution in [2.24, 2.45) is 0 Å². The number of phenolic OH excluding ortho intramolecular Hbond substituents is 1. The highest BCUT2D eigenvalue weighted by molar-refractivity contribution is 5.42. The minimum atomic E-state index is 0.373. The van der Waals surface area contributed by atoms with Crippen molar-refractivity contribution in [1.29, 1.82) is 0 Å². The van der Waals surface area contributed by atoms with Crippen LogP contribution >= 0.6 is 0 Å². The first-order valence-corrected chi connectivity index (χ1v) is 6.64. The molecule has 1 heterocycles. The summed E-state index contributed by atoms with van der Waals surface area (Å²) in [6.07, 6.45) is 2.74. The number of aromatic hydroxyl groups is 1. The Morgan fingerprint density at radius 3 is 2.61 bits per heavy atom. The minimum absolute atomic E-state index is 0.373. The van der Waals surface area contributed by atoms with E-state index < -0.39 is 0 Å². The number of hydrogen-bond acceptors (Lipinski definition) is 3. The Balaban J connectivity index is 2.05. The molecule has 0 radical (unpaired) electrons. The van der Waals surface area contributed by atoms with Crippen molar-refractivity contribution in [3.05, 3.63) is 28.8 Å². The minimum Gasteiger partial charge on any atom is -0.507 e. The number of nitrogens with zero attached hydrogens (tertiary/aromatic N) is 1. The molecule has 1 atom stereocenters. The standard InChI is InChI=1S/C15H23NO2/c1-11-7-13(8-12(2)15(11)17)9-16-6-4-5-14(10-16)18-3/h7-8,14,17H,4-6,9-10H2,1-3H3. The monoisotopic (exact) mass is 249 g/mol. The lowest BCUT2D eigenvalue weighted by Crippen LogP contribution is -2.38. The molecule has 3 heteroatoms. The van der Waals surface area contributed by atoms with Gasteiger partial charge in [0.25, 0.3) is 0 Å². The van der Waals surface area contributed by atoms with Gasteiger partial charge in [-0.2, -0.15) is 0 Å². The topological polar surface area (TPSA) is 32.7 Å². The Kier molecular flexibility index (Phi) is 4.25. The van der Waals surface area contributed by atoms with E-state index in [2.05, 4.69) is 17.0 Å². The van der Waals surface area contributed by atoms with Crippen molar-refractivity contribution >= 4 is 0 Å². The van der Waals surface area contributed by atoms with Gasteiger partial charge in [-0.05, 0) is 49.9 Å². The molecule has 100 valence electrons. The third kappa shape index (κ3) is 3.03. The summed E-state index contributed by atoms with van der Waals surface area (Å²) in [5.74, 6) is 0.423. The van der Waals surface area contributed by atoms with Gasteiger partial charge in [0.05, 0.1) is 6.10 Å². The maximum atomic E-state index is 9.78.